The van der Waals surface area contributed by atoms with Gasteiger partial charge < -0.3 is 24.7 Å². The van der Waals surface area contributed by atoms with Crippen LogP contribution in [-0.4, -0.2) is 41.1 Å². The Balaban J connectivity index is 1.39. The molecule has 1 aromatic heterocycles. The molecule has 5 aromatic rings. The Hall–Kier alpha value is -5.70. The van der Waals surface area contributed by atoms with Gasteiger partial charge in [-0.25, -0.2) is 0 Å². The summed E-state index contributed by atoms with van der Waals surface area (Å²) in [6, 6.07) is 29.2. The highest BCUT2D eigenvalue weighted by molar-refractivity contribution is 5.98. The predicted molar refractivity (Wildman–Crippen MR) is 200 cm³/mol. The molecule has 1 heterocycles. The number of benzene rings is 4. The molecule has 5 rings (SSSR count). The average molecular weight is 688 g/mol. The second-order valence-electron chi connectivity index (χ2n) is 13.6. The van der Waals surface area contributed by atoms with Crippen LogP contribution in [0.4, 0.5) is 5.69 Å². The molecular formula is C42H45N3O6. The molecule has 0 saturated carbocycles. The molecule has 1 atom stereocenters. The summed E-state index contributed by atoms with van der Waals surface area (Å²) in [4.78, 5) is 53.8. The number of carbonyl (C=O) groups is 3. The van der Waals surface area contributed by atoms with Crippen LogP contribution in [0.2, 0.25) is 0 Å². The van der Waals surface area contributed by atoms with Gasteiger partial charge in [0.05, 0.1) is 26.5 Å². The molecule has 0 spiro atoms. The zero-order valence-corrected chi connectivity index (χ0v) is 29.8. The van der Waals surface area contributed by atoms with E-state index in [-0.39, 0.29) is 42.4 Å². The Morgan fingerprint density at radius 3 is 2.14 bits per heavy atom. The molecule has 264 valence electrons. The number of hydrogen-bond donors (Lipinski definition) is 2. The van der Waals surface area contributed by atoms with Crippen molar-refractivity contribution in [3.8, 4) is 5.75 Å². The maximum absolute atomic E-state index is 14.1. The van der Waals surface area contributed by atoms with E-state index in [2.05, 4.69) is 10.6 Å². The lowest BCUT2D eigenvalue weighted by Gasteiger charge is -2.21. The van der Waals surface area contributed by atoms with Gasteiger partial charge in [0.2, 0.25) is 11.8 Å². The molecule has 51 heavy (non-hydrogen) atoms. The van der Waals surface area contributed by atoms with Gasteiger partial charge in [0.25, 0.3) is 5.56 Å². The van der Waals surface area contributed by atoms with Crippen molar-refractivity contribution in [1.29, 1.82) is 0 Å². The van der Waals surface area contributed by atoms with Crippen molar-refractivity contribution in [1.82, 2.24) is 9.88 Å². The van der Waals surface area contributed by atoms with Crippen LogP contribution in [0.5, 0.6) is 5.75 Å². The van der Waals surface area contributed by atoms with Crippen molar-refractivity contribution < 1.29 is 23.9 Å². The number of ether oxygens (including phenoxy) is 2. The zero-order valence-electron chi connectivity index (χ0n) is 29.8. The number of nitrogens with zero attached hydrogens (tertiary/aromatic N) is 1. The van der Waals surface area contributed by atoms with Crippen molar-refractivity contribution in [2.24, 2.45) is 0 Å². The summed E-state index contributed by atoms with van der Waals surface area (Å²) >= 11 is 0. The van der Waals surface area contributed by atoms with Crippen molar-refractivity contribution in [2.45, 2.75) is 71.6 Å². The van der Waals surface area contributed by atoms with E-state index in [1.54, 1.807) is 17.9 Å². The number of pyridine rings is 1. The second-order valence-corrected chi connectivity index (χ2v) is 13.6. The number of nitrogens with one attached hydrogen (secondary N) is 2. The number of fused-ring (bicyclic) bond motifs is 1. The molecule has 0 unspecified atom stereocenters. The Morgan fingerprint density at radius 2 is 1.45 bits per heavy atom. The lowest BCUT2D eigenvalue weighted by atomic mass is 10.00. The number of carbonyl (C=O) groups excluding carboxylic acids is 3. The predicted octanol–water partition coefficient (Wildman–Crippen LogP) is 6.41. The minimum Gasteiger partial charge on any atom is -0.497 e. The number of aromatic nitrogens is 1. The third-order valence-corrected chi connectivity index (χ3v) is 8.51. The molecule has 2 N–H and O–H groups in total. The molecule has 9 heteroatoms. The number of esters is 1. The Labute approximate surface area is 298 Å². The number of aryl methyl sites for hydroxylation is 1. The number of rotatable bonds is 13. The van der Waals surface area contributed by atoms with Gasteiger partial charge in [-0.3, -0.25) is 19.2 Å². The molecular weight excluding hydrogens is 642 g/mol. The lowest BCUT2D eigenvalue weighted by Crippen LogP contribution is -2.46. The number of methoxy groups -OCH3 is 1. The summed E-state index contributed by atoms with van der Waals surface area (Å²) in [6.45, 7) is 7.69. The van der Waals surface area contributed by atoms with E-state index >= 15 is 0 Å². The Bertz CT molecular complexity index is 2060. The van der Waals surface area contributed by atoms with Crippen LogP contribution >= 0.6 is 0 Å². The van der Waals surface area contributed by atoms with Gasteiger partial charge in [0.15, 0.2) is 0 Å². The third-order valence-electron chi connectivity index (χ3n) is 8.51. The van der Waals surface area contributed by atoms with Gasteiger partial charge in [-0.1, -0.05) is 85.8 Å². The first-order valence-corrected chi connectivity index (χ1v) is 17.1. The first kappa shape index (κ1) is 36.6. The fourth-order valence-corrected chi connectivity index (χ4v) is 5.95. The monoisotopic (exact) mass is 687 g/mol. The molecule has 0 saturated heterocycles. The van der Waals surface area contributed by atoms with E-state index in [1.807, 2.05) is 125 Å². The molecule has 9 nitrogen and oxygen atoms in total. The fraction of sp³-hybridized carbons (Fsp3) is 0.286. The smallest absolute Gasteiger partial charge is 0.310 e. The lowest BCUT2D eigenvalue weighted by molar-refractivity contribution is -0.153. The van der Waals surface area contributed by atoms with Crippen LogP contribution < -0.4 is 20.9 Å². The van der Waals surface area contributed by atoms with Gasteiger partial charge >= 0.3 is 5.97 Å². The first-order chi connectivity index (χ1) is 24.4. The van der Waals surface area contributed by atoms with Crippen LogP contribution in [-0.2, 0) is 51.3 Å². The maximum atomic E-state index is 14.1. The van der Waals surface area contributed by atoms with Gasteiger partial charge in [-0.2, -0.15) is 0 Å². The molecule has 4 aromatic carbocycles. The largest absolute Gasteiger partial charge is 0.497 e. The summed E-state index contributed by atoms with van der Waals surface area (Å²) in [5, 5.41) is 7.82. The van der Waals surface area contributed by atoms with Gasteiger partial charge in [0, 0.05) is 12.6 Å². The van der Waals surface area contributed by atoms with Gasteiger partial charge in [-0.05, 0) is 84.0 Å². The van der Waals surface area contributed by atoms with E-state index in [1.165, 1.54) is 0 Å². The van der Waals surface area contributed by atoms with Gasteiger partial charge in [-0.15, -0.1) is 0 Å². The summed E-state index contributed by atoms with van der Waals surface area (Å²) in [5.41, 5.74) is 3.22. The zero-order chi connectivity index (χ0) is 36.5. The number of anilines is 1. The van der Waals surface area contributed by atoms with Crippen molar-refractivity contribution >= 4 is 34.2 Å². The van der Waals surface area contributed by atoms with Crippen LogP contribution in [0.3, 0.4) is 0 Å². The van der Waals surface area contributed by atoms with Crippen molar-refractivity contribution in [3.63, 3.8) is 0 Å². The number of amides is 2. The standard InChI is InChI=1S/C42H45N3O6/c1-6-31-22-23-45(27-30-18-20-34(50-5)21-19-30)41(49)39(31)44-40(48)36(24-28-14-16-29(17-15-28)25-38(47)51-42(2,3)4)43-37(46)26-33-12-9-11-32-10-7-8-13-35(32)33/h7-23,36H,6,24-27H2,1-5H3,(H,43,46)(H,44,48)/t36-/m0/s1. The molecule has 0 radical (unpaired) electrons. The molecule has 0 aliphatic heterocycles. The van der Waals surface area contributed by atoms with E-state index in [0.29, 0.717) is 24.3 Å². The van der Waals surface area contributed by atoms with Crippen LogP contribution in [0, 0.1) is 0 Å². The van der Waals surface area contributed by atoms with Gasteiger partial charge in [0.1, 0.15) is 23.1 Å². The van der Waals surface area contributed by atoms with Crippen LogP contribution in [0.15, 0.2) is 108 Å². The SMILES string of the molecule is CCc1ccn(Cc2ccc(OC)cc2)c(=O)c1NC(=O)[C@H](Cc1ccc(CC(=O)OC(C)(C)C)cc1)NC(=O)Cc1cccc2ccccc12. The van der Waals surface area contributed by atoms with E-state index in [0.717, 1.165) is 33.0 Å². The summed E-state index contributed by atoms with van der Waals surface area (Å²) in [5.74, 6) is -0.450. The summed E-state index contributed by atoms with van der Waals surface area (Å²) in [6.07, 6.45) is 2.59. The minimum atomic E-state index is -0.997. The molecule has 0 aliphatic rings. The Kier molecular flexibility index (Phi) is 11.7. The van der Waals surface area contributed by atoms with Crippen molar-refractivity contribution in [3.05, 3.63) is 141 Å². The topological polar surface area (TPSA) is 116 Å². The highest BCUT2D eigenvalue weighted by Gasteiger charge is 2.25. The molecule has 0 fully saturated rings. The van der Waals surface area contributed by atoms with Crippen molar-refractivity contribution in [2.75, 3.05) is 12.4 Å². The first-order valence-electron chi connectivity index (χ1n) is 17.1. The Morgan fingerprint density at radius 1 is 0.784 bits per heavy atom. The fourth-order valence-electron chi connectivity index (χ4n) is 5.95. The second kappa shape index (κ2) is 16.3. The summed E-state index contributed by atoms with van der Waals surface area (Å²) < 4.78 is 12.3. The highest BCUT2D eigenvalue weighted by Crippen LogP contribution is 2.20. The molecule has 0 aliphatic carbocycles. The maximum Gasteiger partial charge on any atom is 0.310 e. The third kappa shape index (κ3) is 9.94. The average Bonchev–Trinajstić information content (AvgIpc) is 3.10. The quantitative estimate of drug-likeness (QED) is 0.138. The van der Waals surface area contributed by atoms with E-state index in [4.69, 9.17) is 9.47 Å². The normalized spacial score (nSPS) is 11.9. The van der Waals surface area contributed by atoms with Crippen LogP contribution in [0.1, 0.15) is 55.5 Å². The summed E-state index contributed by atoms with van der Waals surface area (Å²) in [7, 11) is 1.60. The molecule has 0 bridgehead atoms. The highest BCUT2D eigenvalue weighted by atomic mass is 16.6. The minimum absolute atomic E-state index is 0.0696. The molecule has 2 amide bonds. The van der Waals surface area contributed by atoms with E-state index < -0.39 is 17.6 Å². The van der Waals surface area contributed by atoms with Crippen LogP contribution in [0.25, 0.3) is 10.8 Å². The van der Waals surface area contributed by atoms with E-state index in [9.17, 15) is 19.2 Å². The number of hydrogen-bond acceptors (Lipinski definition) is 6.